The molecule has 1 fully saturated rings. The molecule has 1 N–H and O–H groups in total. The van der Waals surface area contributed by atoms with Crippen LogP contribution in [0.1, 0.15) is 12.8 Å². The molecular weight excluding hydrogens is 290 g/mol. The summed E-state index contributed by atoms with van der Waals surface area (Å²) in [5, 5.41) is 3.39. The molecule has 1 amide bonds. The second kappa shape index (κ2) is 5.60. The van der Waals surface area contributed by atoms with Crippen molar-refractivity contribution in [2.75, 3.05) is 19.5 Å². The molecule has 2 aliphatic carbocycles. The van der Waals surface area contributed by atoms with E-state index >= 15 is 0 Å². The number of allylic oxidation sites excluding steroid dienone is 2. The van der Waals surface area contributed by atoms with Crippen LogP contribution in [0.3, 0.4) is 0 Å². The number of methoxy groups -OCH3 is 2. The molecule has 1 saturated carbocycles. The number of rotatable bonds is 4. The van der Waals surface area contributed by atoms with Gasteiger partial charge >= 0.3 is 0 Å². The zero-order chi connectivity index (χ0) is 15.0. The summed E-state index contributed by atoms with van der Waals surface area (Å²) in [5.74, 6) is 2.08. The minimum atomic E-state index is 0.0337. The van der Waals surface area contributed by atoms with Crippen molar-refractivity contribution in [3.63, 3.8) is 0 Å². The van der Waals surface area contributed by atoms with Crippen molar-refractivity contribution < 1.29 is 14.3 Å². The number of fused-ring (bicyclic) bond motifs is 2. The van der Waals surface area contributed by atoms with Crippen molar-refractivity contribution in [3.8, 4) is 11.5 Å². The van der Waals surface area contributed by atoms with Crippen LogP contribution in [0.5, 0.6) is 11.5 Å². The van der Waals surface area contributed by atoms with Gasteiger partial charge in [-0.15, -0.1) is 0 Å². The molecule has 4 nitrogen and oxygen atoms in total. The summed E-state index contributed by atoms with van der Waals surface area (Å²) in [6.45, 7) is 0. The van der Waals surface area contributed by atoms with E-state index in [-0.39, 0.29) is 11.8 Å². The van der Waals surface area contributed by atoms with Crippen molar-refractivity contribution in [3.05, 3.63) is 29.3 Å². The topological polar surface area (TPSA) is 47.6 Å². The SMILES string of the molecule is COc1cc(OC)c(NC(=O)[C@@H]2C[C@H]3C=C[C@H]2C3)cc1Cl. The highest BCUT2D eigenvalue weighted by atomic mass is 35.5. The Balaban J connectivity index is 1.79. The molecule has 2 aliphatic rings. The molecule has 0 unspecified atom stereocenters. The Morgan fingerprint density at radius 1 is 1.19 bits per heavy atom. The molecule has 112 valence electrons. The van der Waals surface area contributed by atoms with Gasteiger partial charge < -0.3 is 14.8 Å². The highest BCUT2D eigenvalue weighted by molar-refractivity contribution is 6.32. The van der Waals surface area contributed by atoms with E-state index in [0.717, 1.165) is 12.8 Å². The Labute approximate surface area is 129 Å². The predicted octanol–water partition coefficient (Wildman–Crippen LogP) is 3.51. The number of ether oxygens (including phenoxy) is 2. The van der Waals surface area contributed by atoms with E-state index in [0.29, 0.717) is 34.0 Å². The van der Waals surface area contributed by atoms with Gasteiger partial charge in [-0.05, 0) is 30.7 Å². The molecule has 3 atom stereocenters. The van der Waals surface area contributed by atoms with E-state index in [1.54, 1.807) is 26.4 Å². The smallest absolute Gasteiger partial charge is 0.228 e. The van der Waals surface area contributed by atoms with Crippen molar-refractivity contribution in [2.45, 2.75) is 12.8 Å². The van der Waals surface area contributed by atoms with E-state index in [2.05, 4.69) is 17.5 Å². The van der Waals surface area contributed by atoms with E-state index in [1.807, 2.05) is 0 Å². The maximum Gasteiger partial charge on any atom is 0.228 e. The van der Waals surface area contributed by atoms with Crippen molar-refractivity contribution in [1.82, 2.24) is 0 Å². The van der Waals surface area contributed by atoms with Gasteiger partial charge in [-0.1, -0.05) is 23.8 Å². The summed E-state index contributed by atoms with van der Waals surface area (Å²) in [5.41, 5.74) is 0.583. The van der Waals surface area contributed by atoms with Gasteiger partial charge in [0.1, 0.15) is 11.5 Å². The summed E-state index contributed by atoms with van der Waals surface area (Å²) in [6.07, 6.45) is 6.41. The summed E-state index contributed by atoms with van der Waals surface area (Å²) in [7, 11) is 3.10. The van der Waals surface area contributed by atoms with Crippen LogP contribution in [0.15, 0.2) is 24.3 Å². The summed E-state index contributed by atoms with van der Waals surface area (Å²) >= 11 is 6.12. The number of carbonyl (C=O) groups is 1. The van der Waals surface area contributed by atoms with Gasteiger partial charge in [0.05, 0.1) is 24.9 Å². The van der Waals surface area contributed by atoms with E-state index in [9.17, 15) is 4.79 Å². The molecular formula is C16H18ClNO3. The maximum absolute atomic E-state index is 12.5. The zero-order valence-electron chi connectivity index (χ0n) is 12.1. The number of benzene rings is 1. The molecule has 0 radical (unpaired) electrons. The molecule has 0 aromatic heterocycles. The normalized spacial score (nSPS) is 26.0. The average molecular weight is 308 g/mol. The monoisotopic (exact) mass is 307 g/mol. The van der Waals surface area contributed by atoms with Gasteiger partial charge in [0.2, 0.25) is 5.91 Å². The minimum absolute atomic E-state index is 0.0337. The van der Waals surface area contributed by atoms with Gasteiger partial charge in [0, 0.05) is 12.0 Å². The highest BCUT2D eigenvalue weighted by Crippen LogP contribution is 2.44. The lowest BCUT2D eigenvalue weighted by Crippen LogP contribution is -2.26. The van der Waals surface area contributed by atoms with Gasteiger partial charge in [-0.3, -0.25) is 4.79 Å². The molecule has 0 aliphatic heterocycles. The summed E-state index contributed by atoms with van der Waals surface area (Å²) < 4.78 is 10.5. The zero-order valence-corrected chi connectivity index (χ0v) is 12.8. The number of hydrogen-bond donors (Lipinski definition) is 1. The van der Waals surface area contributed by atoms with Crippen LogP contribution in [0.4, 0.5) is 5.69 Å². The first-order chi connectivity index (χ1) is 10.1. The Bertz CT molecular complexity index is 599. The molecule has 2 bridgehead atoms. The van der Waals surface area contributed by atoms with E-state index in [1.165, 1.54) is 0 Å². The Kier molecular flexibility index (Phi) is 3.81. The Morgan fingerprint density at radius 2 is 1.95 bits per heavy atom. The standard InChI is InChI=1S/C16H18ClNO3/c1-20-14-8-15(21-2)13(7-12(14)17)18-16(19)11-6-9-3-4-10(11)5-9/h3-4,7-11H,5-6H2,1-2H3,(H,18,19)/t9-,10-,11+/m0/s1. The average Bonchev–Trinajstić information content (AvgIpc) is 3.10. The minimum Gasteiger partial charge on any atom is -0.495 e. The van der Waals surface area contributed by atoms with Crippen LogP contribution in [-0.4, -0.2) is 20.1 Å². The molecule has 1 aromatic carbocycles. The second-order valence-corrected chi connectivity index (χ2v) is 5.97. The van der Waals surface area contributed by atoms with Crippen LogP contribution >= 0.6 is 11.6 Å². The van der Waals surface area contributed by atoms with Gasteiger partial charge in [-0.25, -0.2) is 0 Å². The number of carbonyl (C=O) groups excluding carboxylic acids is 1. The molecule has 5 heteroatoms. The summed E-state index contributed by atoms with van der Waals surface area (Å²) in [4.78, 5) is 12.5. The number of amides is 1. The van der Waals surface area contributed by atoms with Crippen molar-refractivity contribution >= 4 is 23.2 Å². The molecule has 3 rings (SSSR count). The fourth-order valence-corrected chi connectivity index (χ4v) is 3.51. The Morgan fingerprint density at radius 3 is 2.52 bits per heavy atom. The summed E-state index contributed by atoms with van der Waals surface area (Å²) in [6, 6.07) is 3.35. The van der Waals surface area contributed by atoms with Crippen LogP contribution in [0, 0.1) is 17.8 Å². The fraction of sp³-hybridized carbons (Fsp3) is 0.438. The second-order valence-electron chi connectivity index (χ2n) is 5.56. The maximum atomic E-state index is 12.5. The van der Waals surface area contributed by atoms with Crippen LogP contribution in [0.25, 0.3) is 0 Å². The highest BCUT2D eigenvalue weighted by Gasteiger charge is 2.39. The first-order valence-electron chi connectivity index (χ1n) is 7.03. The van der Waals surface area contributed by atoms with Gasteiger partial charge in [0.15, 0.2) is 0 Å². The lowest BCUT2D eigenvalue weighted by molar-refractivity contribution is -0.120. The third-order valence-electron chi connectivity index (χ3n) is 4.35. The van der Waals surface area contributed by atoms with Gasteiger partial charge in [-0.2, -0.15) is 0 Å². The quantitative estimate of drug-likeness (QED) is 0.866. The first-order valence-corrected chi connectivity index (χ1v) is 7.41. The first kappa shape index (κ1) is 14.3. The van der Waals surface area contributed by atoms with Crippen LogP contribution in [-0.2, 0) is 4.79 Å². The lowest BCUT2D eigenvalue weighted by atomic mass is 9.93. The number of halogens is 1. The van der Waals surface area contributed by atoms with Crippen molar-refractivity contribution in [2.24, 2.45) is 17.8 Å². The fourth-order valence-electron chi connectivity index (χ4n) is 3.27. The molecule has 0 saturated heterocycles. The third-order valence-corrected chi connectivity index (χ3v) is 4.64. The number of hydrogen-bond acceptors (Lipinski definition) is 3. The van der Waals surface area contributed by atoms with Crippen LogP contribution in [0.2, 0.25) is 5.02 Å². The molecule has 1 aromatic rings. The predicted molar refractivity (Wildman–Crippen MR) is 82.0 cm³/mol. The Hall–Kier alpha value is -1.68. The van der Waals surface area contributed by atoms with Gasteiger partial charge in [0.25, 0.3) is 0 Å². The molecule has 0 spiro atoms. The molecule has 21 heavy (non-hydrogen) atoms. The largest absolute Gasteiger partial charge is 0.495 e. The van der Waals surface area contributed by atoms with E-state index < -0.39 is 0 Å². The third kappa shape index (κ3) is 2.60. The number of nitrogens with one attached hydrogen (secondary N) is 1. The number of anilines is 1. The lowest BCUT2D eigenvalue weighted by Gasteiger charge is -2.19. The van der Waals surface area contributed by atoms with E-state index in [4.69, 9.17) is 21.1 Å². The van der Waals surface area contributed by atoms with Crippen LogP contribution < -0.4 is 14.8 Å². The van der Waals surface area contributed by atoms with Crippen molar-refractivity contribution in [1.29, 1.82) is 0 Å². The molecule has 0 heterocycles.